The van der Waals surface area contributed by atoms with E-state index in [0.29, 0.717) is 12.1 Å². The Morgan fingerprint density at radius 1 is 1.06 bits per heavy atom. The molecule has 18 heavy (non-hydrogen) atoms. The third kappa shape index (κ3) is 2.93. The Bertz CT molecular complexity index is 462. The largest absolute Gasteiger partial charge is 0.417 e. The van der Waals surface area contributed by atoms with Crippen molar-refractivity contribution in [1.82, 2.24) is 5.32 Å². The lowest BCUT2D eigenvalue weighted by Crippen LogP contribution is -2.23. The molecular formula is C10H7F6NO. The summed E-state index contributed by atoms with van der Waals surface area (Å²) in [5, 5.41) is 1.93. The van der Waals surface area contributed by atoms with Gasteiger partial charge in [0.15, 0.2) is 0 Å². The molecule has 0 fully saturated rings. The second-order valence-electron chi connectivity index (χ2n) is 3.34. The van der Waals surface area contributed by atoms with Gasteiger partial charge in [0, 0.05) is 7.05 Å². The lowest BCUT2D eigenvalue weighted by atomic mass is 10.0. The summed E-state index contributed by atoms with van der Waals surface area (Å²) in [6.07, 6.45) is -9.94. The molecule has 0 bridgehead atoms. The SMILES string of the molecule is CNC(=O)c1ccc(C(F)(F)F)cc1C(F)(F)F. The number of rotatable bonds is 1. The van der Waals surface area contributed by atoms with Crippen molar-refractivity contribution in [3.63, 3.8) is 0 Å². The highest BCUT2D eigenvalue weighted by Gasteiger charge is 2.39. The predicted octanol–water partition coefficient (Wildman–Crippen LogP) is 3.08. The molecule has 0 aliphatic heterocycles. The van der Waals surface area contributed by atoms with Gasteiger partial charge in [-0.1, -0.05) is 0 Å². The van der Waals surface area contributed by atoms with Crippen molar-refractivity contribution in [1.29, 1.82) is 0 Å². The summed E-state index contributed by atoms with van der Waals surface area (Å²) in [6, 6.07) is 0.856. The molecular weight excluding hydrogens is 264 g/mol. The zero-order valence-corrected chi connectivity index (χ0v) is 8.91. The summed E-state index contributed by atoms with van der Waals surface area (Å²) in [6.45, 7) is 0. The monoisotopic (exact) mass is 271 g/mol. The zero-order valence-electron chi connectivity index (χ0n) is 8.91. The quantitative estimate of drug-likeness (QED) is 0.781. The molecule has 1 N–H and O–H groups in total. The van der Waals surface area contributed by atoms with Crippen LogP contribution < -0.4 is 5.32 Å². The third-order valence-corrected chi connectivity index (χ3v) is 2.12. The molecule has 1 amide bonds. The maximum absolute atomic E-state index is 12.6. The van der Waals surface area contributed by atoms with Crippen LogP contribution in [-0.4, -0.2) is 13.0 Å². The molecule has 1 rings (SSSR count). The van der Waals surface area contributed by atoms with Gasteiger partial charge < -0.3 is 5.32 Å². The van der Waals surface area contributed by atoms with Crippen molar-refractivity contribution in [2.45, 2.75) is 12.4 Å². The van der Waals surface area contributed by atoms with Gasteiger partial charge in [0.05, 0.1) is 16.7 Å². The minimum Gasteiger partial charge on any atom is -0.355 e. The maximum Gasteiger partial charge on any atom is 0.417 e. The van der Waals surface area contributed by atoms with Gasteiger partial charge in [-0.15, -0.1) is 0 Å². The van der Waals surface area contributed by atoms with Gasteiger partial charge in [-0.2, -0.15) is 26.3 Å². The van der Waals surface area contributed by atoms with Gasteiger partial charge in [0.1, 0.15) is 0 Å². The Morgan fingerprint density at radius 2 is 1.61 bits per heavy atom. The topological polar surface area (TPSA) is 29.1 Å². The van der Waals surface area contributed by atoms with Crippen molar-refractivity contribution in [2.75, 3.05) is 7.05 Å². The van der Waals surface area contributed by atoms with E-state index in [1.165, 1.54) is 0 Å². The van der Waals surface area contributed by atoms with Crippen LogP contribution >= 0.6 is 0 Å². The van der Waals surface area contributed by atoms with Crippen LogP contribution in [0.1, 0.15) is 21.5 Å². The van der Waals surface area contributed by atoms with Gasteiger partial charge in [-0.3, -0.25) is 4.79 Å². The second-order valence-corrected chi connectivity index (χ2v) is 3.34. The van der Waals surface area contributed by atoms with E-state index < -0.39 is 35.0 Å². The lowest BCUT2D eigenvalue weighted by Gasteiger charge is -2.14. The molecule has 8 heteroatoms. The van der Waals surface area contributed by atoms with Crippen LogP contribution in [0.15, 0.2) is 18.2 Å². The van der Waals surface area contributed by atoms with E-state index in [1.54, 1.807) is 0 Å². The molecule has 0 atom stereocenters. The van der Waals surface area contributed by atoms with Crippen LogP contribution in [0.2, 0.25) is 0 Å². The molecule has 0 aliphatic carbocycles. The second kappa shape index (κ2) is 4.51. The first kappa shape index (κ1) is 14.3. The maximum atomic E-state index is 12.6. The Morgan fingerprint density at radius 3 is 2.00 bits per heavy atom. The van der Waals surface area contributed by atoms with Crippen molar-refractivity contribution >= 4 is 5.91 Å². The molecule has 0 unspecified atom stereocenters. The fourth-order valence-electron chi connectivity index (χ4n) is 1.29. The fraction of sp³-hybridized carbons (Fsp3) is 0.300. The van der Waals surface area contributed by atoms with Crippen LogP contribution in [0.4, 0.5) is 26.3 Å². The highest BCUT2D eigenvalue weighted by Crippen LogP contribution is 2.37. The minimum atomic E-state index is -5.04. The normalized spacial score (nSPS) is 12.4. The van der Waals surface area contributed by atoms with Crippen molar-refractivity contribution in [2.24, 2.45) is 0 Å². The average molecular weight is 271 g/mol. The van der Waals surface area contributed by atoms with Crippen molar-refractivity contribution in [3.8, 4) is 0 Å². The first-order valence-electron chi connectivity index (χ1n) is 4.58. The van der Waals surface area contributed by atoms with Crippen LogP contribution in [0.5, 0.6) is 0 Å². The molecule has 0 saturated heterocycles. The van der Waals surface area contributed by atoms with Gasteiger partial charge in [-0.05, 0) is 18.2 Å². The Labute approximate surface area is 97.6 Å². The number of halogens is 6. The van der Waals surface area contributed by atoms with E-state index in [1.807, 2.05) is 5.32 Å². The highest BCUT2D eigenvalue weighted by molar-refractivity contribution is 5.95. The Hall–Kier alpha value is -1.73. The molecule has 0 aliphatic rings. The standard InChI is InChI=1S/C10H7F6NO/c1-17-8(18)6-3-2-5(9(11,12)13)4-7(6)10(14,15)16/h2-4H,1H3,(H,17,18). The molecule has 0 aromatic heterocycles. The minimum absolute atomic E-state index is 0.0788. The van der Waals surface area contributed by atoms with Crippen LogP contribution in [-0.2, 0) is 12.4 Å². The van der Waals surface area contributed by atoms with Crippen LogP contribution in [0.25, 0.3) is 0 Å². The molecule has 100 valence electrons. The van der Waals surface area contributed by atoms with E-state index in [2.05, 4.69) is 0 Å². The fourth-order valence-corrected chi connectivity index (χ4v) is 1.29. The molecule has 1 aromatic carbocycles. The number of carbonyl (C=O) groups is 1. The van der Waals surface area contributed by atoms with Crippen molar-refractivity contribution in [3.05, 3.63) is 34.9 Å². The first-order chi connectivity index (χ1) is 8.07. The molecule has 2 nitrogen and oxygen atoms in total. The van der Waals surface area contributed by atoms with E-state index >= 15 is 0 Å². The van der Waals surface area contributed by atoms with Crippen LogP contribution in [0, 0.1) is 0 Å². The molecule has 0 saturated carbocycles. The van der Waals surface area contributed by atoms with E-state index in [-0.39, 0.29) is 6.07 Å². The number of hydrogen-bond acceptors (Lipinski definition) is 1. The molecule has 0 heterocycles. The third-order valence-electron chi connectivity index (χ3n) is 2.12. The number of benzene rings is 1. The Kier molecular flexibility index (Phi) is 3.59. The average Bonchev–Trinajstić information content (AvgIpc) is 2.24. The molecule has 0 radical (unpaired) electrons. The van der Waals surface area contributed by atoms with E-state index in [9.17, 15) is 31.1 Å². The summed E-state index contributed by atoms with van der Waals surface area (Å²) in [7, 11) is 1.08. The number of carbonyl (C=O) groups excluding carboxylic acids is 1. The van der Waals surface area contributed by atoms with Crippen LogP contribution in [0.3, 0.4) is 0 Å². The molecule has 0 spiro atoms. The highest BCUT2D eigenvalue weighted by atomic mass is 19.4. The summed E-state index contributed by atoms with van der Waals surface area (Å²) < 4.78 is 74.6. The summed E-state index contributed by atoms with van der Waals surface area (Å²) in [4.78, 5) is 11.1. The summed E-state index contributed by atoms with van der Waals surface area (Å²) in [5.74, 6) is -1.10. The van der Waals surface area contributed by atoms with Gasteiger partial charge >= 0.3 is 12.4 Å². The molecule has 1 aromatic rings. The smallest absolute Gasteiger partial charge is 0.355 e. The van der Waals surface area contributed by atoms with E-state index in [4.69, 9.17) is 0 Å². The number of hydrogen-bond donors (Lipinski definition) is 1. The van der Waals surface area contributed by atoms with Crippen molar-refractivity contribution < 1.29 is 31.1 Å². The predicted molar refractivity (Wildman–Crippen MR) is 49.8 cm³/mol. The van der Waals surface area contributed by atoms with Gasteiger partial charge in [0.2, 0.25) is 0 Å². The Balaban J connectivity index is 3.44. The zero-order chi connectivity index (χ0) is 14.1. The number of amides is 1. The van der Waals surface area contributed by atoms with Gasteiger partial charge in [-0.25, -0.2) is 0 Å². The summed E-state index contributed by atoms with van der Waals surface area (Å²) in [5.41, 5.74) is -3.92. The lowest BCUT2D eigenvalue weighted by molar-refractivity contribution is -0.143. The first-order valence-corrected chi connectivity index (χ1v) is 4.58. The van der Waals surface area contributed by atoms with E-state index in [0.717, 1.165) is 7.05 Å². The number of alkyl halides is 6. The number of nitrogens with one attached hydrogen (secondary N) is 1. The van der Waals surface area contributed by atoms with Gasteiger partial charge in [0.25, 0.3) is 5.91 Å². The summed E-state index contributed by atoms with van der Waals surface area (Å²) >= 11 is 0.